The highest BCUT2D eigenvalue weighted by molar-refractivity contribution is 5.78. The van der Waals surface area contributed by atoms with Crippen molar-refractivity contribution in [2.45, 2.75) is 44.6 Å². The van der Waals surface area contributed by atoms with E-state index in [-0.39, 0.29) is 17.9 Å². The number of rotatable bonds is 5. The zero-order valence-electron chi connectivity index (χ0n) is 10.7. The van der Waals surface area contributed by atoms with E-state index in [4.69, 9.17) is 5.73 Å². The fraction of sp³-hybridized carbons (Fsp3) is 0.923. The zero-order valence-corrected chi connectivity index (χ0v) is 10.7. The van der Waals surface area contributed by atoms with Crippen LogP contribution in [0.5, 0.6) is 0 Å². The highest BCUT2D eigenvalue weighted by Gasteiger charge is 2.27. The van der Waals surface area contributed by atoms with E-state index >= 15 is 0 Å². The Morgan fingerprint density at radius 1 is 1.29 bits per heavy atom. The van der Waals surface area contributed by atoms with Gasteiger partial charge >= 0.3 is 0 Å². The number of carbonyl (C=O) groups is 1. The van der Waals surface area contributed by atoms with E-state index in [1.165, 1.54) is 25.9 Å². The quantitative estimate of drug-likeness (QED) is 0.695. The van der Waals surface area contributed by atoms with Crippen LogP contribution in [0.25, 0.3) is 0 Å². The molecule has 3 N–H and O–H groups in total. The van der Waals surface area contributed by atoms with Gasteiger partial charge in [-0.25, -0.2) is 0 Å². The molecule has 0 spiro atoms. The van der Waals surface area contributed by atoms with Gasteiger partial charge in [0.15, 0.2) is 0 Å². The molecular formula is C13H25N3O. The zero-order chi connectivity index (χ0) is 12.1. The van der Waals surface area contributed by atoms with Gasteiger partial charge in [-0.15, -0.1) is 0 Å². The predicted octanol–water partition coefficient (Wildman–Crippen LogP) is 0.716. The van der Waals surface area contributed by atoms with Crippen molar-refractivity contribution in [3.05, 3.63) is 0 Å². The summed E-state index contributed by atoms with van der Waals surface area (Å²) >= 11 is 0. The fourth-order valence-corrected chi connectivity index (χ4v) is 2.92. The van der Waals surface area contributed by atoms with Gasteiger partial charge in [-0.2, -0.15) is 0 Å². The minimum absolute atomic E-state index is 0.178. The van der Waals surface area contributed by atoms with Gasteiger partial charge in [0.25, 0.3) is 0 Å². The minimum Gasteiger partial charge on any atom is -0.356 e. The molecular weight excluding hydrogens is 214 g/mol. The number of carbonyl (C=O) groups excluding carboxylic acids is 1. The third-order valence-electron chi connectivity index (χ3n) is 3.99. The Morgan fingerprint density at radius 2 is 2.06 bits per heavy atom. The molecule has 1 aliphatic carbocycles. The Labute approximate surface area is 104 Å². The van der Waals surface area contributed by atoms with E-state index in [1.54, 1.807) is 0 Å². The van der Waals surface area contributed by atoms with E-state index in [9.17, 15) is 4.79 Å². The van der Waals surface area contributed by atoms with Gasteiger partial charge < -0.3 is 16.0 Å². The Hall–Kier alpha value is -0.610. The smallest absolute Gasteiger partial charge is 0.223 e. The van der Waals surface area contributed by atoms with Crippen molar-refractivity contribution in [1.82, 2.24) is 10.2 Å². The molecule has 0 aromatic rings. The lowest BCUT2D eigenvalue weighted by atomic mass is 10.1. The third kappa shape index (κ3) is 3.96. The van der Waals surface area contributed by atoms with Crippen molar-refractivity contribution in [2.75, 3.05) is 26.2 Å². The molecule has 2 fully saturated rings. The number of nitrogens with zero attached hydrogens (tertiary/aromatic N) is 1. The standard InChI is InChI=1S/C13H25N3O/c14-12-5-4-11(10-12)13(17)15-6-3-9-16-7-1-2-8-16/h11-12H,1-10,14H2,(H,15,17). The van der Waals surface area contributed by atoms with Gasteiger partial charge in [0, 0.05) is 18.5 Å². The predicted molar refractivity (Wildman–Crippen MR) is 68.6 cm³/mol. The van der Waals surface area contributed by atoms with E-state index in [0.717, 1.165) is 38.8 Å². The van der Waals surface area contributed by atoms with Gasteiger partial charge in [0.05, 0.1) is 0 Å². The summed E-state index contributed by atoms with van der Waals surface area (Å²) in [7, 11) is 0. The second-order valence-corrected chi connectivity index (χ2v) is 5.46. The molecule has 0 aromatic heterocycles. The molecule has 0 radical (unpaired) electrons. The van der Waals surface area contributed by atoms with Crippen LogP contribution in [0.4, 0.5) is 0 Å². The van der Waals surface area contributed by atoms with Crippen LogP contribution < -0.4 is 11.1 Å². The van der Waals surface area contributed by atoms with Crippen LogP contribution in [0.3, 0.4) is 0 Å². The molecule has 98 valence electrons. The second kappa shape index (κ2) is 6.36. The molecule has 2 aliphatic rings. The van der Waals surface area contributed by atoms with Crippen LogP contribution in [-0.4, -0.2) is 43.0 Å². The first-order valence-electron chi connectivity index (χ1n) is 7.01. The molecule has 2 unspecified atom stereocenters. The normalized spacial score (nSPS) is 29.7. The lowest BCUT2D eigenvalue weighted by Gasteiger charge is -2.15. The number of hydrogen-bond donors (Lipinski definition) is 2. The molecule has 4 heteroatoms. The van der Waals surface area contributed by atoms with Crippen LogP contribution in [0.2, 0.25) is 0 Å². The van der Waals surface area contributed by atoms with Gasteiger partial charge in [-0.1, -0.05) is 0 Å². The largest absolute Gasteiger partial charge is 0.356 e. The first-order chi connectivity index (χ1) is 8.25. The van der Waals surface area contributed by atoms with Crippen LogP contribution in [0, 0.1) is 5.92 Å². The summed E-state index contributed by atoms with van der Waals surface area (Å²) in [6, 6.07) is 0.246. The summed E-state index contributed by atoms with van der Waals surface area (Å²) in [5.74, 6) is 0.399. The molecule has 2 atom stereocenters. The van der Waals surface area contributed by atoms with Gasteiger partial charge in [0.1, 0.15) is 0 Å². The SMILES string of the molecule is NC1CCC(C(=O)NCCCN2CCCC2)C1. The van der Waals surface area contributed by atoms with Crippen molar-refractivity contribution >= 4 is 5.91 Å². The lowest BCUT2D eigenvalue weighted by Crippen LogP contribution is -2.33. The van der Waals surface area contributed by atoms with Crippen molar-refractivity contribution in [3.8, 4) is 0 Å². The van der Waals surface area contributed by atoms with E-state index in [1.807, 2.05) is 0 Å². The Bertz CT molecular complexity index is 251. The van der Waals surface area contributed by atoms with Crippen molar-refractivity contribution in [2.24, 2.45) is 11.7 Å². The Kier molecular flexibility index (Phi) is 4.80. The molecule has 0 bridgehead atoms. The summed E-state index contributed by atoms with van der Waals surface area (Å²) in [5, 5.41) is 3.05. The molecule has 17 heavy (non-hydrogen) atoms. The topological polar surface area (TPSA) is 58.4 Å². The number of nitrogens with two attached hydrogens (primary N) is 1. The lowest BCUT2D eigenvalue weighted by molar-refractivity contribution is -0.124. The molecule has 1 saturated heterocycles. The summed E-state index contributed by atoms with van der Waals surface area (Å²) < 4.78 is 0. The summed E-state index contributed by atoms with van der Waals surface area (Å²) in [6.45, 7) is 4.43. The summed E-state index contributed by atoms with van der Waals surface area (Å²) in [6.07, 6.45) is 6.60. The first kappa shape index (κ1) is 12.8. The second-order valence-electron chi connectivity index (χ2n) is 5.46. The first-order valence-corrected chi connectivity index (χ1v) is 7.01. The number of nitrogens with one attached hydrogen (secondary N) is 1. The monoisotopic (exact) mass is 239 g/mol. The van der Waals surface area contributed by atoms with Crippen LogP contribution in [0.15, 0.2) is 0 Å². The molecule has 1 saturated carbocycles. The fourth-order valence-electron chi connectivity index (χ4n) is 2.92. The highest BCUT2D eigenvalue weighted by Crippen LogP contribution is 2.23. The van der Waals surface area contributed by atoms with E-state index < -0.39 is 0 Å². The molecule has 1 aliphatic heterocycles. The minimum atomic E-state index is 0.178. The number of hydrogen-bond acceptors (Lipinski definition) is 3. The summed E-state index contributed by atoms with van der Waals surface area (Å²) in [5.41, 5.74) is 5.81. The van der Waals surface area contributed by atoms with Crippen LogP contribution in [-0.2, 0) is 4.79 Å². The van der Waals surface area contributed by atoms with Gasteiger partial charge in [0.2, 0.25) is 5.91 Å². The average molecular weight is 239 g/mol. The number of amides is 1. The van der Waals surface area contributed by atoms with Crippen LogP contribution in [0.1, 0.15) is 38.5 Å². The van der Waals surface area contributed by atoms with Gasteiger partial charge in [-0.05, 0) is 58.2 Å². The van der Waals surface area contributed by atoms with E-state index in [2.05, 4.69) is 10.2 Å². The van der Waals surface area contributed by atoms with Gasteiger partial charge in [-0.3, -0.25) is 4.79 Å². The maximum atomic E-state index is 11.8. The maximum absolute atomic E-state index is 11.8. The summed E-state index contributed by atoms with van der Waals surface area (Å²) in [4.78, 5) is 14.3. The Morgan fingerprint density at radius 3 is 2.71 bits per heavy atom. The molecule has 2 rings (SSSR count). The highest BCUT2D eigenvalue weighted by atomic mass is 16.1. The van der Waals surface area contributed by atoms with E-state index in [0.29, 0.717) is 0 Å². The van der Waals surface area contributed by atoms with Crippen molar-refractivity contribution in [3.63, 3.8) is 0 Å². The van der Waals surface area contributed by atoms with Crippen molar-refractivity contribution in [1.29, 1.82) is 0 Å². The third-order valence-corrected chi connectivity index (χ3v) is 3.99. The molecule has 1 heterocycles. The number of likely N-dealkylation sites (tertiary alicyclic amines) is 1. The maximum Gasteiger partial charge on any atom is 0.223 e. The molecule has 1 amide bonds. The molecule has 4 nitrogen and oxygen atoms in total. The average Bonchev–Trinajstić information content (AvgIpc) is 2.95. The Balaban J connectivity index is 1.53. The molecule has 0 aromatic carbocycles. The van der Waals surface area contributed by atoms with Crippen LogP contribution >= 0.6 is 0 Å². The van der Waals surface area contributed by atoms with Crippen molar-refractivity contribution < 1.29 is 4.79 Å².